The minimum absolute atomic E-state index is 0.292. The highest BCUT2D eigenvalue weighted by Gasteiger charge is 2.74. The molecule has 0 aliphatic carbocycles. The molecule has 0 saturated carbocycles. The molecule has 0 fully saturated rings. The van der Waals surface area contributed by atoms with Crippen molar-refractivity contribution in [3.05, 3.63) is 21.4 Å². The zero-order valence-electron chi connectivity index (χ0n) is 9.87. The molecule has 0 aliphatic heterocycles. The van der Waals surface area contributed by atoms with Gasteiger partial charge < -0.3 is 4.74 Å². The Bertz CT molecular complexity index is 501. The molecular weight excluding hydrogens is 317 g/mol. The molecule has 0 unspecified atom stereocenters. The van der Waals surface area contributed by atoms with Crippen LogP contribution in [-0.4, -0.2) is 25.4 Å². The van der Waals surface area contributed by atoms with Crippen molar-refractivity contribution in [2.45, 2.75) is 24.9 Å². The fourth-order valence-electron chi connectivity index (χ4n) is 1.36. The fourth-order valence-corrected chi connectivity index (χ4v) is 2.51. The first kappa shape index (κ1) is 16.7. The lowest BCUT2D eigenvalue weighted by Crippen LogP contribution is -2.50. The molecule has 0 bridgehead atoms. The van der Waals surface area contributed by atoms with Gasteiger partial charge in [0.25, 0.3) is 0 Å². The Balaban J connectivity index is 3.53. The van der Waals surface area contributed by atoms with Crippen LogP contribution in [0.25, 0.3) is 0 Å². The predicted molar refractivity (Wildman–Crippen MR) is 54.1 cm³/mol. The van der Waals surface area contributed by atoms with E-state index < -0.39 is 39.3 Å². The Labute approximate surface area is 112 Å². The first-order valence-electron chi connectivity index (χ1n) is 4.80. The van der Waals surface area contributed by atoms with Gasteiger partial charge in [0.1, 0.15) is 4.88 Å². The van der Waals surface area contributed by atoms with Crippen molar-refractivity contribution in [3.63, 3.8) is 0 Å². The molecule has 0 aromatic carbocycles. The monoisotopic (exact) mass is 323 g/mol. The number of methoxy groups -OCH3 is 1. The normalized spacial score (nSPS) is 13.4. The highest BCUT2D eigenvalue weighted by Crippen LogP contribution is 2.55. The highest BCUT2D eigenvalue weighted by molar-refractivity contribution is 7.14. The van der Waals surface area contributed by atoms with Crippen LogP contribution in [0.5, 0.6) is 0 Å². The maximum absolute atomic E-state index is 13.8. The number of aryl methyl sites for hydroxylation is 1. The Kier molecular flexibility index (Phi) is 4.10. The van der Waals surface area contributed by atoms with Gasteiger partial charge in [0.2, 0.25) is 0 Å². The van der Waals surface area contributed by atoms with Crippen molar-refractivity contribution in [1.82, 2.24) is 0 Å². The maximum atomic E-state index is 13.8. The molecule has 10 heteroatoms. The van der Waals surface area contributed by atoms with Gasteiger partial charge in [-0.25, -0.2) is 9.18 Å². The molecule has 1 aromatic heterocycles. The van der Waals surface area contributed by atoms with E-state index in [-0.39, 0.29) is 11.3 Å². The van der Waals surface area contributed by atoms with E-state index >= 15 is 0 Å². The summed E-state index contributed by atoms with van der Waals surface area (Å²) in [6.07, 6.45) is -12.4. The first-order valence-corrected chi connectivity index (χ1v) is 5.61. The number of esters is 1. The van der Waals surface area contributed by atoms with Gasteiger partial charge in [-0.3, -0.25) is 0 Å². The van der Waals surface area contributed by atoms with Crippen molar-refractivity contribution in [2.75, 3.05) is 7.11 Å². The summed E-state index contributed by atoms with van der Waals surface area (Å²) in [5.41, 5.74) is -6.31. The van der Waals surface area contributed by atoms with Gasteiger partial charge in [-0.2, -0.15) is 26.3 Å². The van der Waals surface area contributed by atoms with E-state index in [1.807, 2.05) is 6.07 Å². The fraction of sp³-hybridized carbons (Fsp3) is 0.500. The van der Waals surface area contributed by atoms with Gasteiger partial charge in [-0.1, -0.05) is 0 Å². The number of carbonyl (C=O) groups excluding carboxylic acids is 1. The van der Waals surface area contributed by atoms with Crippen LogP contribution >= 0.6 is 11.3 Å². The molecule has 113 valence electrons. The molecular formula is C10H6F7O2S. The third-order valence-electron chi connectivity index (χ3n) is 2.31. The van der Waals surface area contributed by atoms with Crippen LogP contribution in [0.3, 0.4) is 0 Å². The van der Waals surface area contributed by atoms with Gasteiger partial charge in [0, 0.05) is 6.07 Å². The Morgan fingerprint density at radius 3 is 1.90 bits per heavy atom. The van der Waals surface area contributed by atoms with Crippen LogP contribution in [-0.2, 0) is 10.4 Å². The second-order valence-corrected chi connectivity index (χ2v) is 4.68. The molecule has 1 aromatic rings. The highest BCUT2D eigenvalue weighted by atomic mass is 32.1. The quantitative estimate of drug-likeness (QED) is 0.609. The van der Waals surface area contributed by atoms with Crippen LogP contribution in [0.1, 0.15) is 20.1 Å². The number of thiophene rings is 1. The lowest BCUT2D eigenvalue weighted by Gasteiger charge is -2.29. The molecule has 1 rings (SSSR count). The summed E-state index contributed by atoms with van der Waals surface area (Å²) in [5.74, 6) is -1.20. The summed E-state index contributed by atoms with van der Waals surface area (Å²) >= 11 is -0.292. The Morgan fingerprint density at radius 2 is 1.55 bits per heavy atom. The van der Waals surface area contributed by atoms with Crippen LogP contribution in [0.4, 0.5) is 30.7 Å². The van der Waals surface area contributed by atoms with Crippen molar-refractivity contribution in [3.8, 4) is 0 Å². The number of rotatable bonds is 2. The molecule has 2 nitrogen and oxygen atoms in total. The number of halogens is 7. The number of carbonyl (C=O) groups is 1. The average Bonchev–Trinajstić information content (AvgIpc) is 2.66. The van der Waals surface area contributed by atoms with Crippen molar-refractivity contribution in [1.29, 1.82) is 0 Å². The van der Waals surface area contributed by atoms with Crippen LogP contribution in [0.15, 0.2) is 0 Å². The van der Waals surface area contributed by atoms with Gasteiger partial charge >= 0.3 is 24.0 Å². The number of hydrogen-bond donors (Lipinski definition) is 0. The van der Waals surface area contributed by atoms with E-state index in [1.165, 1.54) is 0 Å². The summed E-state index contributed by atoms with van der Waals surface area (Å²) in [6, 6.07) is 1.95. The van der Waals surface area contributed by atoms with Gasteiger partial charge in [-0.05, 0) is 12.5 Å². The summed E-state index contributed by atoms with van der Waals surface area (Å²) in [6.45, 7) is 0.796. The third kappa shape index (κ3) is 2.48. The van der Waals surface area contributed by atoms with Crippen molar-refractivity contribution >= 4 is 17.3 Å². The second-order valence-electron chi connectivity index (χ2n) is 3.66. The average molecular weight is 323 g/mol. The van der Waals surface area contributed by atoms with E-state index in [4.69, 9.17) is 0 Å². The van der Waals surface area contributed by atoms with Crippen LogP contribution in [0, 0.1) is 13.0 Å². The maximum Gasteiger partial charge on any atom is 0.436 e. The molecule has 0 saturated heterocycles. The number of ether oxygens (including phenoxy) is 1. The Morgan fingerprint density at radius 1 is 1.10 bits per heavy atom. The summed E-state index contributed by atoms with van der Waals surface area (Å²) in [5, 5.41) is 0. The van der Waals surface area contributed by atoms with Gasteiger partial charge in [0.15, 0.2) is 0 Å². The van der Waals surface area contributed by atoms with Gasteiger partial charge in [-0.15, -0.1) is 11.3 Å². The van der Waals surface area contributed by atoms with E-state index in [0.29, 0.717) is 0 Å². The standard InChI is InChI=1S/C10H6F7O2S/c1-4-3-5(7(18)19-2)20-6(4)8(11,9(12,13)14)10(15,16)17/h1-2H3. The second kappa shape index (κ2) is 4.90. The third-order valence-corrected chi connectivity index (χ3v) is 3.58. The van der Waals surface area contributed by atoms with Crippen molar-refractivity contribution < 1.29 is 40.3 Å². The van der Waals surface area contributed by atoms with Gasteiger partial charge in [0.05, 0.1) is 12.0 Å². The lowest BCUT2D eigenvalue weighted by atomic mass is 9.99. The molecule has 0 N–H and O–H groups in total. The van der Waals surface area contributed by atoms with Crippen LogP contribution in [0.2, 0.25) is 0 Å². The minimum Gasteiger partial charge on any atom is -0.465 e. The molecule has 0 atom stereocenters. The summed E-state index contributed by atoms with van der Waals surface area (Å²) in [4.78, 5) is 8.72. The zero-order chi connectivity index (χ0) is 15.9. The van der Waals surface area contributed by atoms with E-state index in [2.05, 4.69) is 4.74 Å². The largest absolute Gasteiger partial charge is 0.465 e. The topological polar surface area (TPSA) is 26.3 Å². The number of alkyl halides is 7. The number of hydrogen-bond acceptors (Lipinski definition) is 3. The Hall–Kier alpha value is -1.32. The molecule has 1 heterocycles. The van der Waals surface area contributed by atoms with Crippen LogP contribution < -0.4 is 0 Å². The summed E-state index contributed by atoms with van der Waals surface area (Å²) < 4.78 is 93.2. The van der Waals surface area contributed by atoms with E-state index in [1.54, 1.807) is 0 Å². The lowest BCUT2D eigenvalue weighted by molar-refractivity contribution is -0.347. The predicted octanol–water partition coefficient (Wildman–Crippen LogP) is 3.93. The minimum atomic E-state index is -6.22. The van der Waals surface area contributed by atoms with E-state index in [9.17, 15) is 35.5 Å². The smallest absolute Gasteiger partial charge is 0.436 e. The molecule has 0 spiro atoms. The molecule has 20 heavy (non-hydrogen) atoms. The molecule has 1 radical (unpaired) electrons. The first-order chi connectivity index (χ1) is 8.86. The molecule has 0 amide bonds. The van der Waals surface area contributed by atoms with Crippen molar-refractivity contribution in [2.24, 2.45) is 0 Å². The SMILES string of the molecule is COC(=O)c1[c]c(C)c(C(F)(C(F)(F)F)C(F)(F)F)s1. The van der Waals surface area contributed by atoms with E-state index in [0.717, 1.165) is 14.0 Å². The zero-order valence-corrected chi connectivity index (χ0v) is 10.7. The molecule has 0 aliphatic rings. The summed E-state index contributed by atoms with van der Waals surface area (Å²) in [7, 11) is 0.876.